The van der Waals surface area contributed by atoms with Gasteiger partial charge in [-0.25, -0.2) is 14.6 Å². The molecule has 0 radical (unpaired) electrons. The molecule has 0 spiro atoms. The number of hydrogen-bond acceptors (Lipinski definition) is 5. The lowest BCUT2D eigenvalue weighted by molar-refractivity contribution is 0.242. The van der Waals surface area contributed by atoms with Crippen LogP contribution < -0.4 is 0 Å². The summed E-state index contributed by atoms with van der Waals surface area (Å²) in [6, 6.07) is 13.9. The Bertz CT molecular complexity index is 1170. The van der Waals surface area contributed by atoms with Crippen molar-refractivity contribution in [3.63, 3.8) is 0 Å². The highest BCUT2D eigenvalue weighted by molar-refractivity contribution is 6.30. The summed E-state index contributed by atoms with van der Waals surface area (Å²) in [6.07, 6.45) is 6.38. The zero-order chi connectivity index (χ0) is 20.5. The summed E-state index contributed by atoms with van der Waals surface area (Å²) in [5.74, 6) is 0.735. The van der Waals surface area contributed by atoms with Crippen molar-refractivity contribution in [3.05, 3.63) is 88.7 Å². The second-order valence-corrected chi connectivity index (χ2v) is 7.83. The Morgan fingerprint density at radius 2 is 1.93 bits per heavy atom. The lowest BCUT2D eigenvalue weighted by Gasteiger charge is -2.28. The minimum Gasteiger partial charge on any atom is -0.294 e. The van der Waals surface area contributed by atoms with Crippen molar-refractivity contribution in [3.8, 4) is 17.1 Å². The van der Waals surface area contributed by atoms with E-state index in [0.717, 1.165) is 65.6 Å². The monoisotopic (exact) mass is 416 g/mol. The first-order chi connectivity index (χ1) is 14.7. The number of fused-ring (bicyclic) bond motifs is 1. The van der Waals surface area contributed by atoms with Crippen LogP contribution in [0.5, 0.6) is 0 Å². The smallest absolute Gasteiger partial charge is 0.160 e. The highest BCUT2D eigenvalue weighted by Crippen LogP contribution is 2.27. The minimum absolute atomic E-state index is 0.674. The van der Waals surface area contributed by atoms with Gasteiger partial charge < -0.3 is 0 Å². The van der Waals surface area contributed by atoms with E-state index in [1.54, 1.807) is 12.4 Å². The maximum Gasteiger partial charge on any atom is 0.160 e. The summed E-state index contributed by atoms with van der Waals surface area (Å²) < 4.78 is 1.81. The van der Waals surface area contributed by atoms with Gasteiger partial charge in [-0.2, -0.15) is 5.10 Å². The molecule has 1 aliphatic heterocycles. The quantitative estimate of drug-likeness (QED) is 0.498. The van der Waals surface area contributed by atoms with Crippen molar-refractivity contribution < 1.29 is 0 Å². The normalized spacial score (nSPS) is 13.9. The van der Waals surface area contributed by atoms with Crippen LogP contribution in [0.25, 0.3) is 17.1 Å². The van der Waals surface area contributed by atoms with Gasteiger partial charge in [0.25, 0.3) is 0 Å². The van der Waals surface area contributed by atoms with E-state index in [2.05, 4.69) is 20.0 Å². The average molecular weight is 417 g/mol. The van der Waals surface area contributed by atoms with Gasteiger partial charge in [0, 0.05) is 61.3 Å². The Labute approximate surface area is 180 Å². The third-order valence-electron chi connectivity index (χ3n) is 5.44. The van der Waals surface area contributed by atoms with Gasteiger partial charge >= 0.3 is 0 Å². The van der Waals surface area contributed by atoms with Gasteiger partial charge in [-0.1, -0.05) is 29.8 Å². The summed E-state index contributed by atoms with van der Waals surface area (Å²) in [7, 11) is 0. The number of benzene rings is 1. The number of pyridine rings is 1. The van der Waals surface area contributed by atoms with E-state index in [9.17, 15) is 0 Å². The number of aryl methyl sites for hydroxylation is 1. The number of rotatable bonds is 4. The van der Waals surface area contributed by atoms with Gasteiger partial charge in [-0.3, -0.25) is 9.88 Å². The van der Waals surface area contributed by atoms with Crippen LogP contribution in [0.1, 0.15) is 22.5 Å². The van der Waals surface area contributed by atoms with Crippen molar-refractivity contribution in [1.82, 2.24) is 29.6 Å². The van der Waals surface area contributed by atoms with E-state index in [4.69, 9.17) is 16.6 Å². The van der Waals surface area contributed by atoms with Gasteiger partial charge in [-0.15, -0.1) is 0 Å². The molecule has 0 saturated heterocycles. The van der Waals surface area contributed by atoms with E-state index >= 15 is 0 Å². The van der Waals surface area contributed by atoms with Crippen molar-refractivity contribution in [2.75, 3.05) is 6.54 Å². The molecule has 7 heteroatoms. The summed E-state index contributed by atoms with van der Waals surface area (Å²) >= 11 is 6.72. The molecule has 5 rings (SSSR count). The van der Waals surface area contributed by atoms with Gasteiger partial charge in [0.1, 0.15) is 5.15 Å². The number of nitrogens with zero attached hydrogens (tertiary/aromatic N) is 6. The summed E-state index contributed by atoms with van der Waals surface area (Å²) in [4.78, 5) is 15.9. The number of para-hydroxylation sites is 1. The zero-order valence-electron chi connectivity index (χ0n) is 16.7. The second-order valence-electron chi connectivity index (χ2n) is 7.47. The molecule has 30 heavy (non-hydrogen) atoms. The summed E-state index contributed by atoms with van der Waals surface area (Å²) in [6.45, 7) is 4.49. The molecular formula is C23H21ClN6. The fourth-order valence-electron chi connectivity index (χ4n) is 3.82. The number of hydrogen-bond donors (Lipinski definition) is 0. The Hall–Kier alpha value is -3.09. The van der Waals surface area contributed by atoms with Crippen LogP contribution >= 0.6 is 11.6 Å². The fourth-order valence-corrected chi connectivity index (χ4v) is 4.15. The Morgan fingerprint density at radius 3 is 2.73 bits per heavy atom. The molecule has 150 valence electrons. The second kappa shape index (κ2) is 7.97. The maximum atomic E-state index is 6.72. The molecule has 0 unspecified atom stereocenters. The third kappa shape index (κ3) is 3.60. The molecule has 0 atom stereocenters. The molecule has 1 aromatic carbocycles. The van der Waals surface area contributed by atoms with Crippen LogP contribution in [-0.4, -0.2) is 36.2 Å². The van der Waals surface area contributed by atoms with Crippen LogP contribution in [-0.2, 0) is 19.5 Å². The standard InChI is InChI=1S/C23H21ClN6/c1-16-20(22(24)30(28-16)19-7-3-2-4-8-19)15-29-11-9-21-18(14-29)13-26-23(27-21)17-6-5-10-25-12-17/h2-8,10,12-13H,9,11,14-15H2,1H3. The predicted molar refractivity (Wildman–Crippen MR) is 116 cm³/mol. The van der Waals surface area contributed by atoms with Crippen LogP contribution in [0, 0.1) is 6.92 Å². The molecule has 6 nitrogen and oxygen atoms in total. The fraction of sp³-hybridized carbons (Fsp3) is 0.217. The van der Waals surface area contributed by atoms with Crippen molar-refractivity contribution in [2.45, 2.75) is 26.4 Å². The minimum atomic E-state index is 0.674. The molecule has 0 bridgehead atoms. The topological polar surface area (TPSA) is 59.7 Å². The molecule has 3 aromatic heterocycles. The molecule has 0 amide bonds. The molecule has 0 saturated carbocycles. The van der Waals surface area contributed by atoms with Gasteiger partial charge in [0.2, 0.25) is 0 Å². The van der Waals surface area contributed by atoms with Gasteiger partial charge in [-0.05, 0) is 31.2 Å². The van der Waals surface area contributed by atoms with Crippen LogP contribution in [0.4, 0.5) is 0 Å². The summed E-state index contributed by atoms with van der Waals surface area (Å²) in [5.41, 5.74) is 6.21. The van der Waals surface area contributed by atoms with E-state index in [1.165, 1.54) is 0 Å². The molecule has 4 aromatic rings. The Morgan fingerprint density at radius 1 is 1.07 bits per heavy atom. The molecule has 0 N–H and O–H groups in total. The lowest BCUT2D eigenvalue weighted by atomic mass is 10.1. The first kappa shape index (κ1) is 18.9. The Kier molecular flexibility index (Phi) is 5.02. The SMILES string of the molecule is Cc1nn(-c2ccccc2)c(Cl)c1CN1CCc2nc(-c3cccnc3)ncc2C1. The first-order valence-electron chi connectivity index (χ1n) is 9.96. The lowest BCUT2D eigenvalue weighted by Crippen LogP contribution is -2.31. The van der Waals surface area contributed by atoms with E-state index in [0.29, 0.717) is 5.15 Å². The van der Waals surface area contributed by atoms with E-state index in [1.807, 2.05) is 60.3 Å². The van der Waals surface area contributed by atoms with Crippen LogP contribution in [0.3, 0.4) is 0 Å². The number of halogens is 1. The molecule has 4 heterocycles. The highest BCUT2D eigenvalue weighted by atomic mass is 35.5. The molecule has 0 fully saturated rings. The van der Waals surface area contributed by atoms with Crippen LogP contribution in [0.15, 0.2) is 61.1 Å². The molecule has 0 aliphatic carbocycles. The van der Waals surface area contributed by atoms with Gasteiger partial charge in [0.15, 0.2) is 5.82 Å². The average Bonchev–Trinajstić information content (AvgIpc) is 3.08. The zero-order valence-corrected chi connectivity index (χ0v) is 17.4. The summed E-state index contributed by atoms with van der Waals surface area (Å²) in [5, 5.41) is 5.34. The molecule has 1 aliphatic rings. The van der Waals surface area contributed by atoms with E-state index < -0.39 is 0 Å². The highest BCUT2D eigenvalue weighted by Gasteiger charge is 2.22. The Balaban J connectivity index is 1.36. The van der Waals surface area contributed by atoms with Gasteiger partial charge in [0.05, 0.1) is 17.1 Å². The van der Waals surface area contributed by atoms with E-state index in [-0.39, 0.29) is 0 Å². The molecular weight excluding hydrogens is 396 g/mol. The van der Waals surface area contributed by atoms with Crippen molar-refractivity contribution in [2.24, 2.45) is 0 Å². The van der Waals surface area contributed by atoms with Crippen LogP contribution in [0.2, 0.25) is 5.15 Å². The maximum absolute atomic E-state index is 6.72. The van der Waals surface area contributed by atoms with Crippen molar-refractivity contribution in [1.29, 1.82) is 0 Å². The largest absolute Gasteiger partial charge is 0.294 e. The third-order valence-corrected chi connectivity index (χ3v) is 5.83. The van der Waals surface area contributed by atoms with Crippen molar-refractivity contribution >= 4 is 11.6 Å². The number of aromatic nitrogens is 5. The predicted octanol–water partition coefficient (Wildman–Crippen LogP) is 4.24. The first-order valence-corrected chi connectivity index (χ1v) is 10.3.